The lowest BCUT2D eigenvalue weighted by Gasteiger charge is -2.20. The highest BCUT2D eigenvalue weighted by Crippen LogP contribution is 2.26. The lowest BCUT2D eigenvalue weighted by Crippen LogP contribution is -2.28. The van der Waals surface area contributed by atoms with Crippen molar-refractivity contribution >= 4 is 39.4 Å². The minimum atomic E-state index is -0.515. The first kappa shape index (κ1) is 17.4. The normalized spacial score (nSPS) is 12.0. The van der Waals surface area contributed by atoms with E-state index >= 15 is 0 Å². The molecule has 0 saturated carbocycles. The quantitative estimate of drug-likeness (QED) is 0.496. The minimum Gasteiger partial charge on any atom is -0.459 e. The number of carbonyl (C=O) groups is 2. The van der Waals surface area contributed by atoms with Crippen LogP contribution in [0.2, 0.25) is 0 Å². The van der Waals surface area contributed by atoms with Gasteiger partial charge in [-0.05, 0) is 45.9 Å². The molecule has 0 radical (unpaired) electrons. The summed E-state index contributed by atoms with van der Waals surface area (Å²) in [5.74, 6) is -0.343. The molecule has 21 heavy (non-hydrogen) atoms. The Labute approximate surface area is 133 Å². The second-order valence-electron chi connectivity index (χ2n) is 5.49. The Kier molecular flexibility index (Phi) is 6.15. The third-order valence-corrected chi connectivity index (χ3v) is 3.07. The molecule has 0 aromatic heterocycles. The van der Waals surface area contributed by atoms with Crippen molar-refractivity contribution in [2.75, 3.05) is 11.9 Å². The average Bonchev–Trinajstić information content (AvgIpc) is 2.37. The predicted octanol–water partition coefficient (Wildman–Crippen LogP) is 3.80. The van der Waals surface area contributed by atoms with Gasteiger partial charge >= 0.3 is 5.97 Å². The average molecular weight is 354 g/mol. The molecule has 1 rings (SSSR count). The van der Waals surface area contributed by atoms with E-state index in [2.05, 4.69) is 21.2 Å². The fraction of sp³-hybridized carbons (Fsp3) is 0.375. The van der Waals surface area contributed by atoms with Gasteiger partial charge in [0.2, 0.25) is 0 Å². The maximum Gasteiger partial charge on any atom is 0.325 e. The first-order valence-corrected chi connectivity index (χ1v) is 7.43. The molecule has 1 aromatic rings. The summed E-state index contributed by atoms with van der Waals surface area (Å²) in [5.41, 5.74) is 1.50. The molecule has 0 aliphatic rings. The maximum absolute atomic E-state index is 11.7. The summed E-state index contributed by atoms with van der Waals surface area (Å²) in [5, 5.41) is 3.02. The van der Waals surface area contributed by atoms with Crippen LogP contribution in [0.3, 0.4) is 0 Å². The highest BCUT2D eigenvalue weighted by Gasteiger charge is 2.16. The molecule has 0 aliphatic heterocycles. The lowest BCUT2D eigenvalue weighted by atomic mass is 10.0. The first-order chi connectivity index (χ1) is 9.76. The van der Waals surface area contributed by atoms with E-state index in [0.717, 1.165) is 16.3 Å². The van der Waals surface area contributed by atoms with Crippen LogP contribution in [0.1, 0.15) is 33.3 Å². The number of carbonyl (C=O) groups excluding carboxylic acids is 2. The number of benzene rings is 1. The van der Waals surface area contributed by atoms with Gasteiger partial charge in [-0.2, -0.15) is 0 Å². The summed E-state index contributed by atoms with van der Waals surface area (Å²) in [7, 11) is 0. The van der Waals surface area contributed by atoms with E-state index in [4.69, 9.17) is 4.74 Å². The standard InChI is InChI=1S/C16H20BrNO3/c1-5-11(10-19)13-8-12(17)6-7-14(13)18-9-15(20)21-16(2,3)4/h5-8,10,18H,9H2,1-4H3/b11-5-. The number of halogens is 1. The van der Waals surface area contributed by atoms with Crippen LogP contribution in [0.5, 0.6) is 0 Å². The fourth-order valence-electron chi connectivity index (χ4n) is 1.74. The molecule has 114 valence electrons. The molecule has 0 amide bonds. The number of anilines is 1. The second kappa shape index (κ2) is 7.41. The number of allylic oxidation sites excluding steroid dienone is 2. The largest absolute Gasteiger partial charge is 0.459 e. The van der Waals surface area contributed by atoms with Gasteiger partial charge in [-0.15, -0.1) is 0 Å². The lowest BCUT2D eigenvalue weighted by molar-refractivity contribution is -0.152. The number of ether oxygens (including phenoxy) is 1. The van der Waals surface area contributed by atoms with E-state index < -0.39 is 5.60 Å². The molecule has 0 fully saturated rings. The van der Waals surface area contributed by atoms with Crippen LogP contribution in [0, 0.1) is 0 Å². The van der Waals surface area contributed by atoms with Crippen LogP contribution in [0.25, 0.3) is 5.57 Å². The zero-order valence-electron chi connectivity index (χ0n) is 12.7. The van der Waals surface area contributed by atoms with Gasteiger partial charge in [-0.3, -0.25) is 9.59 Å². The molecule has 0 unspecified atom stereocenters. The first-order valence-electron chi connectivity index (χ1n) is 6.64. The number of esters is 1. The zero-order chi connectivity index (χ0) is 16.0. The summed E-state index contributed by atoms with van der Waals surface area (Å²) in [6.45, 7) is 7.30. The number of aldehydes is 1. The van der Waals surface area contributed by atoms with Gasteiger partial charge in [-0.25, -0.2) is 0 Å². The molecule has 1 N–H and O–H groups in total. The molecule has 0 atom stereocenters. The Morgan fingerprint density at radius 2 is 2.05 bits per heavy atom. The summed E-state index contributed by atoms with van der Waals surface area (Å²) >= 11 is 3.38. The van der Waals surface area contributed by atoms with Crippen LogP contribution in [-0.4, -0.2) is 24.4 Å². The zero-order valence-corrected chi connectivity index (χ0v) is 14.3. The van der Waals surface area contributed by atoms with E-state index in [9.17, 15) is 9.59 Å². The van der Waals surface area contributed by atoms with Gasteiger partial charge < -0.3 is 10.1 Å². The van der Waals surface area contributed by atoms with Crippen molar-refractivity contribution in [1.29, 1.82) is 0 Å². The molecule has 0 aliphatic carbocycles. The van der Waals surface area contributed by atoms with Gasteiger partial charge in [0.1, 0.15) is 18.4 Å². The van der Waals surface area contributed by atoms with E-state index in [1.165, 1.54) is 0 Å². The Morgan fingerprint density at radius 1 is 1.38 bits per heavy atom. The third-order valence-electron chi connectivity index (χ3n) is 2.57. The van der Waals surface area contributed by atoms with Gasteiger partial charge in [-0.1, -0.05) is 22.0 Å². The molecule has 5 heteroatoms. The fourth-order valence-corrected chi connectivity index (χ4v) is 2.10. The summed E-state index contributed by atoms with van der Waals surface area (Å²) in [6, 6.07) is 5.50. The smallest absolute Gasteiger partial charge is 0.325 e. The van der Waals surface area contributed by atoms with Crippen LogP contribution in [0.15, 0.2) is 28.7 Å². The highest BCUT2D eigenvalue weighted by molar-refractivity contribution is 9.10. The van der Waals surface area contributed by atoms with Crippen molar-refractivity contribution < 1.29 is 14.3 Å². The number of hydrogen-bond acceptors (Lipinski definition) is 4. The van der Waals surface area contributed by atoms with Crippen LogP contribution in [-0.2, 0) is 14.3 Å². The van der Waals surface area contributed by atoms with Gasteiger partial charge in [0.15, 0.2) is 0 Å². The Morgan fingerprint density at radius 3 is 2.57 bits per heavy atom. The van der Waals surface area contributed by atoms with E-state index in [1.807, 2.05) is 39.0 Å². The number of rotatable bonds is 5. The van der Waals surface area contributed by atoms with Crippen molar-refractivity contribution in [2.45, 2.75) is 33.3 Å². The topological polar surface area (TPSA) is 55.4 Å². The van der Waals surface area contributed by atoms with Crippen LogP contribution in [0.4, 0.5) is 5.69 Å². The Bertz CT molecular complexity index is 559. The van der Waals surface area contributed by atoms with Crippen LogP contribution < -0.4 is 5.32 Å². The Balaban J connectivity index is 2.89. The monoisotopic (exact) mass is 353 g/mol. The number of nitrogens with one attached hydrogen (secondary N) is 1. The molecule has 0 bridgehead atoms. The van der Waals surface area contributed by atoms with Crippen molar-refractivity contribution in [2.24, 2.45) is 0 Å². The van der Waals surface area contributed by atoms with Crippen molar-refractivity contribution in [3.8, 4) is 0 Å². The molecule has 0 heterocycles. The SMILES string of the molecule is C/C=C(/C=O)c1cc(Br)ccc1NCC(=O)OC(C)(C)C. The Hall–Kier alpha value is -1.62. The summed E-state index contributed by atoms with van der Waals surface area (Å²) in [4.78, 5) is 22.9. The van der Waals surface area contributed by atoms with E-state index in [0.29, 0.717) is 11.3 Å². The predicted molar refractivity (Wildman–Crippen MR) is 88.2 cm³/mol. The summed E-state index contributed by atoms with van der Waals surface area (Å²) in [6.07, 6.45) is 2.52. The van der Waals surface area contributed by atoms with Crippen molar-refractivity contribution in [3.05, 3.63) is 34.3 Å². The second-order valence-corrected chi connectivity index (χ2v) is 6.41. The van der Waals surface area contributed by atoms with E-state index in [-0.39, 0.29) is 12.5 Å². The van der Waals surface area contributed by atoms with Crippen molar-refractivity contribution in [1.82, 2.24) is 0 Å². The molecule has 4 nitrogen and oxygen atoms in total. The number of hydrogen-bond donors (Lipinski definition) is 1. The maximum atomic E-state index is 11.7. The van der Waals surface area contributed by atoms with Crippen molar-refractivity contribution in [3.63, 3.8) is 0 Å². The molecule has 0 spiro atoms. The van der Waals surface area contributed by atoms with Gasteiger partial charge in [0, 0.05) is 21.3 Å². The molecule has 0 saturated heterocycles. The minimum absolute atomic E-state index is 0.0434. The highest BCUT2D eigenvalue weighted by atomic mass is 79.9. The molecule has 1 aromatic carbocycles. The third kappa shape index (κ3) is 5.71. The molecular formula is C16H20BrNO3. The van der Waals surface area contributed by atoms with Crippen LogP contribution >= 0.6 is 15.9 Å². The molecular weight excluding hydrogens is 334 g/mol. The van der Waals surface area contributed by atoms with Gasteiger partial charge in [0.25, 0.3) is 0 Å². The summed E-state index contributed by atoms with van der Waals surface area (Å²) < 4.78 is 6.10. The van der Waals surface area contributed by atoms with Gasteiger partial charge in [0.05, 0.1) is 0 Å². The van der Waals surface area contributed by atoms with E-state index in [1.54, 1.807) is 13.0 Å².